The molecule has 3 rings (SSSR count). The van der Waals surface area contributed by atoms with E-state index in [1.165, 1.54) is 41.3 Å². The van der Waals surface area contributed by atoms with Crippen molar-refractivity contribution < 1.29 is 4.42 Å². The second kappa shape index (κ2) is 4.43. The molecule has 1 N–H and O–H groups in total. The molecule has 18 heavy (non-hydrogen) atoms. The number of fused-ring (bicyclic) bond motifs is 2. The summed E-state index contributed by atoms with van der Waals surface area (Å²) >= 11 is 0. The number of hydrogen-bond donors (Lipinski definition) is 1. The van der Waals surface area contributed by atoms with E-state index in [-0.39, 0.29) is 0 Å². The molecule has 0 spiro atoms. The van der Waals surface area contributed by atoms with E-state index in [0.717, 1.165) is 17.9 Å². The van der Waals surface area contributed by atoms with E-state index in [2.05, 4.69) is 31.3 Å². The first-order chi connectivity index (χ1) is 8.70. The summed E-state index contributed by atoms with van der Waals surface area (Å²) in [6, 6.07) is 4.64. The van der Waals surface area contributed by atoms with Crippen molar-refractivity contribution in [3.63, 3.8) is 0 Å². The van der Waals surface area contributed by atoms with Gasteiger partial charge in [0.1, 0.15) is 11.3 Å². The van der Waals surface area contributed by atoms with Gasteiger partial charge >= 0.3 is 0 Å². The highest BCUT2D eigenvalue weighted by Gasteiger charge is 2.20. The van der Waals surface area contributed by atoms with Crippen LogP contribution in [0.5, 0.6) is 0 Å². The summed E-state index contributed by atoms with van der Waals surface area (Å²) in [4.78, 5) is 0. The van der Waals surface area contributed by atoms with Crippen LogP contribution < -0.4 is 5.32 Å². The first-order valence-corrected chi connectivity index (χ1v) is 6.92. The van der Waals surface area contributed by atoms with Gasteiger partial charge in [-0.15, -0.1) is 0 Å². The maximum atomic E-state index is 6.06. The Kier molecular flexibility index (Phi) is 2.90. The van der Waals surface area contributed by atoms with E-state index in [4.69, 9.17) is 4.42 Å². The van der Waals surface area contributed by atoms with Crippen LogP contribution in [-0.4, -0.2) is 7.05 Å². The summed E-state index contributed by atoms with van der Waals surface area (Å²) in [5.74, 6) is 1.61. The van der Waals surface area contributed by atoms with Gasteiger partial charge < -0.3 is 9.73 Å². The van der Waals surface area contributed by atoms with Crippen LogP contribution in [-0.2, 0) is 19.4 Å². The molecule has 1 aromatic carbocycles. The fourth-order valence-corrected chi connectivity index (χ4v) is 3.16. The van der Waals surface area contributed by atoms with Crippen molar-refractivity contribution in [3.8, 4) is 0 Å². The highest BCUT2D eigenvalue weighted by molar-refractivity contribution is 5.84. The molecule has 0 unspecified atom stereocenters. The largest absolute Gasteiger partial charge is 0.459 e. The molecule has 0 aliphatic heterocycles. The molecule has 0 amide bonds. The van der Waals surface area contributed by atoms with Gasteiger partial charge in [0.05, 0.1) is 6.54 Å². The molecule has 1 aliphatic carbocycles. The summed E-state index contributed by atoms with van der Waals surface area (Å²) in [6.45, 7) is 5.31. The van der Waals surface area contributed by atoms with Crippen LogP contribution in [0.3, 0.4) is 0 Å². The normalized spacial score (nSPS) is 14.7. The van der Waals surface area contributed by atoms with Crippen molar-refractivity contribution in [3.05, 3.63) is 34.6 Å². The minimum absolute atomic E-state index is 0.508. The van der Waals surface area contributed by atoms with Crippen LogP contribution in [0.1, 0.15) is 48.6 Å². The smallest absolute Gasteiger partial charge is 0.134 e. The quantitative estimate of drug-likeness (QED) is 0.887. The molecular formula is C16H21NO. The molecule has 0 saturated heterocycles. The first kappa shape index (κ1) is 11.8. The Balaban J connectivity index is 2.22. The lowest BCUT2D eigenvalue weighted by Gasteiger charge is -2.06. The fraction of sp³-hybridized carbons (Fsp3) is 0.500. The minimum Gasteiger partial charge on any atom is -0.459 e. The van der Waals surface area contributed by atoms with Gasteiger partial charge in [0.15, 0.2) is 0 Å². The molecule has 1 aliphatic rings. The zero-order valence-electron chi connectivity index (χ0n) is 11.5. The van der Waals surface area contributed by atoms with Gasteiger partial charge in [0, 0.05) is 10.9 Å². The summed E-state index contributed by atoms with van der Waals surface area (Å²) in [6.07, 6.45) is 3.74. The molecule has 2 nitrogen and oxygen atoms in total. The van der Waals surface area contributed by atoms with E-state index in [0.29, 0.717) is 5.92 Å². The molecule has 2 heteroatoms. The third-order valence-corrected chi connectivity index (χ3v) is 3.93. The average Bonchev–Trinajstić information content (AvgIpc) is 2.88. The SMILES string of the molecule is CNCc1oc2cc3c(cc2c1C(C)C)CCC3. The Labute approximate surface area is 108 Å². The van der Waals surface area contributed by atoms with Gasteiger partial charge in [-0.1, -0.05) is 13.8 Å². The van der Waals surface area contributed by atoms with Gasteiger partial charge in [0.2, 0.25) is 0 Å². The maximum absolute atomic E-state index is 6.06. The third kappa shape index (κ3) is 1.76. The van der Waals surface area contributed by atoms with Crippen molar-refractivity contribution in [2.45, 2.75) is 45.6 Å². The lowest BCUT2D eigenvalue weighted by atomic mass is 9.97. The van der Waals surface area contributed by atoms with Gasteiger partial charge in [0.25, 0.3) is 0 Å². The maximum Gasteiger partial charge on any atom is 0.134 e. The van der Waals surface area contributed by atoms with E-state index < -0.39 is 0 Å². The highest BCUT2D eigenvalue weighted by Crippen LogP contribution is 2.36. The van der Waals surface area contributed by atoms with Crippen LogP contribution >= 0.6 is 0 Å². The van der Waals surface area contributed by atoms with Crippen molar-refractivity contribution in [1.29, 1.82) is 0 Å². The Bertz CT molecular complexity index is 580. The molecule has 0 radical (unpaired) electrons. The van der Waals surface area contributed by atoms with Gasteiger partial charge in [-0.3, -0.25) is 0 Å². The molecule has 2 aromatic rings. The summed E-state index contributed by atoms with van der Waals surface area (Å²) in [7, 11) is 1.97. The van der Waals surface area contributed by atoms with Crippen molar-refractivity contribution in [1.82, 2.24) is 5.32 Å². The fourth-order valence-electron chi connectivity index (χ4n) is 3.16. The topological polar surface area (TPSA) is 25.2 Å². The lowest BCUT2D eigenvalue weighted by Crippen LogP contribution is -2.06. The number of hydrogen-bond acceptors (Lipinski definition) is 2. The second-order valence-corrected chi connectivity index (χ2v) is 5.59. The second-order valence-electron chi connectivity index (χ2n) is 5.59. The summed E-state index contributed by atoms with van der Waals surface area (Å²) < 4.78 is 6.06. The first-order valence-electron chi connectivity index (χ1n) is 6.92. The third-order valence-electron chi connectivity index (χ3n) is 3.93. The molecule has 96 valence electrons. The lowest BCUT2D eigenvalue weighted by molar-refractivity contribution is 0.520. The van der Waals surface area contributed by atoms with E-state index in [9.17, 15) is 0 Å². The van der Waals surface area contributed by atoms with Crippen LogP contribution in [0.25, 0.3) is 11.0 Å². The summed E-state index contributed by atoms with van der Waals surface area (Å²) in [5, 5.41) is 4.53. The number of nitrogens with one attached hydrogen (secondary N) is 1. The van der Waals surface area contributed by atoms with E-state index >= 15 is 0 Å². The Hall–Kier alpha value is -1.28. The standard InChI is InChI=1S/C16H21NO/c1-10(2)16-13-7-11-5-4-6-12(11)8-14(13)18-15(16)9-17-3/h7-8,10,17H,4-6,9H2,1-3H3. The number of benzene rings is 1. The van der Waals surface area contributed by atoms with Crippen molar-refractivity contribution >= 4 is 11.0 Å². The molecule has 0 fully saturated rings. The molecule has 1 heterocycles. The van der Waals surface area contributed by atoms with Crippen LogP contribution in [0.15, 0.2) is 16.5 Å². The predicted molar refractivity (Wildman–Crippen MR) is 75.1 cm³/mol. The minimum atomic E-state index is 0.508. The van der Waals surface area contributed by atoms with Crippen LogP contribution in [0.2, 0.25) is 0 Å². The monoisotopic (exact) mass is 243 g/mol. The van der Waals surface area contributed by atoms with Crippen molar-refractivity contribution in [2.24, 2.45) is 0 Å². The van der Waals surface area contributed by atoms with Gasteiger partial charge in [-0.05, 0) is 55.5 Å². The zero-order chi connectivity index (χ0) is 12.7. The Morgan fingerprint density at radius 2 is 1.94 bits per heavy atom. The molecule has 0 bridgehead atoms. The number of aryl methyl sites for hydroxylation is 2. The zero-order valence-corrected chi connectivity index (χ0v) is 11.5. The Morgan fingerprint density at radius 3 is 2.61 bits per heavy atom. The molecule has 0 atom stereocenters. The van der Waals surface area contributed by atoms with Crippen molar-refractivity contribution in [2.75, 3.05) is 7.05 Å². The number of furan rings is 1. The summed E-state index contributed by atoms with van der Waals surface area (Å²) in [5.41, 5.74) is 5.47. The van der Waals surface area contributed by atoms with Crippen LogP contribution in [0, 0.1) is 0 Å². The number of rotatable bonds is 3. The Morgan fingerprint density at radius 1 is 1.22 bits per heavy atom. The molecule has 0 saturated carbocycles. The highest BCUT2D eigenvalue weighted by atomic mass is 16.3. The average molecular weight is 243 g/mol. The van der Waals surface area contributed by atoms with Gasteiger partial charge in [-0.25, -0.2) is 0 Å². The molecular weight excluding hydrogens is 222 g/mol. The van der Waals surface area contributed by atoms with Gasteiger partial charge in [-0.2, -0.15) is 0 Å². The van der Waals surface area contributed by atoms with E-state index in [1.54, 1.807) is 0 Å². The van der Waals surface area contributed by atoms with Crippen LogP contribution in [0.4, 0.5) is 0 Å². The van der Waals surface area contributed by atoms with E-state index in [1.807, 2.05) is 7.05 Å². The predicted octanol–water partition coefficient (Wildman–Crippen LogP) is 3.76. The molecule has 1 aromatic heterocycles.